The predicted molar refractivity (Wildman–Crippen MR) is 158 cm³/mol. The monoisotopic (exact) mass is 541 g/mol. The smallest absolute Gasteiger partial charge is 0.170 e. The van der Waals surface area contributed by atoms with Gasteiger partial charge in [-0.3, -0.25) is 0 Å². The first-order valence-corrected chi connectivity index (χ1v) is 13.0. The summed E-state index contributed by atoms with van der Waals surface area (Å²) in [6.07, 6.45) is 0. The number of phenolic OH excluding ortho intramolecular Hbond substituents is 1. The number of aromatic nitrogens is 3. The number of ether oxygens (including phenoxy) is 2. The van der Waals surface area contributed by atoms with E-state index in [2.05, 4.69) is 51.7 Å². The lowest BCUT2D eigenvalue weighted by Crippen LogP contribution is -2.38. The average molecular weight is 542 g/mol. The van der Waals surface area contributed by atoms with Gasteiger partial charge in [-0.05, 0) is 34.9 Å². The van der Waals surface area contributed by atoms with Crippen LogP contribution in [0.4, 0.5) is 11.4 Å². The molecule has 0 saturated heterocycles. The highest BCUT2D eigenvalue weighted by molar-refractivity contribution is 5.79. The highest BCUT2D eigenvalue weighted by Gasteiger charge is 2.40. The Bertz CT molecular complexity index is 1700. The van der Waals surface area contributed by atoms with Crippen molar-refractivity contribution in [1.82, 2.24) is 15.0 Å². The van der Waals surface area contributed by atoms with E-state index < -0.39 is 5.54 Å². The first kappa shape index (κ1) is 25.8. The third-order valence-corrected chi connectivity index (χ3v) is 7.05. The van der Waals surface area contributed by atoms with E-state index in [1.807, 2.05) is 77.5 Å². The molecule has 0 bridgehead atoms. The molecule has 6 rings (SSSR count). The molecule has 5 aromatic carbocycles. The Labute approximate surface area is 237 Å². The van der Waals surface area contributed by atoms with Gasteiger partial charge in [0.1, 0.15) is 16.8 Å². The van der Waals surface area contributed by atoms with Gasteiger partial charge in [0.05, 0.1) is 25.4 Å². The fourth-order valence-electron chi connectivity index (χ4n) is 5.21. The Morgan fingerprint density at radius 2 is 1.17 bits per heavy atom. The number of benzene rings is 5. The average Bonchev–Trinajstić information content (AvgIpc) is 3.45. The number of rotatable bonds is 8. The molecule has 1 N–H and O–H groups in total. The van der Waals surface area contributed by atoms with E-state index >= 15 is 0 Å². The summed E-state index contributed by atoms with van der Waals surface area (Å²) in [5, 5.41) is 28.2. The molecule has 8 nitrogen and oxygen atoms in total. The molecule has 202 valence electrons. The Kier molecular flexibility index (Phi) is 6.87. The summed E-state index contributed by atoms with van der Waals surface area (Å²) < 4.78 is 12.8. The molecule has 0 spiro atoms. The molecule has 1 aromatic heterocycles. The molecule has 0 aliphatic heterocycles. The van der Waals surface area contributed by atoms with Crippen LogP contribution in [0.2, 0.25) is 0 Å². The quantitative estimate of drug-likeness (QED) is 0.160. The maximum absolute atomic E-state index is 10.0. The minimum absolute atomic E-state index is 0.00752. The number of methoxy groups -OCH3 is 2. The van der Waals surface area contributed by atoms with E-state index in [0.29, 0.717) is 22.9 Å². The molecule has 1 heterocycles. The van der Waals surface area contributed by atoms with Crippen LogP contribution in [-0.2, 0) is 5.54 Å². The second-order valence-corrected chi connectivity index (χ2v) is 9.38. The highest BCUT2D eigenvalue weighted by Crippen LogP contribution is 2.43. The van der Waals surface area contributed by atoms with Crippen LogP contribution < -0.4 is 9.47 Å². The summed E-state index contributed by atoms with van der Waals surface area (Å²) in [5.41, 5.74) is 4.74. The van der Waals surface area contributed by atoms with Gasteiger partial charge in [-0.15, -0.1) is 10.2 Å². The van der Waals surface area contributed by atoms with E-state index in [0.717, 1.165) is 27.7 Å². The summed E-state index contributed by atoms with van der Waals surface area (Å²) in [5.74, 6) is 0.692. The van der Waals surface area contributed by atoms with Gasteiger partial charge in [-0.25, -0.2) is 4.68 Å². The van der Waals surface area contributed by atoms with Crippen molar-refractivity contribution in [3.8, 4) is 17.2 Å². The highest BCUT2D eigenvalue weighted by atomic mass is 16.5. The number of hydrogen-bond acceptors (Lipinski definition) is 7. The fraction of sp³-hybridized carbons (Fsp3) is 0.0909. The molecule has 0 amide bonds. The number of hydrogen-bond donors (Lipinski definition) is 1. The maximum atomic E-state index is 10.0. The van der Waals surface area contributed by atoms with Gasteiger partial charge in [0.15, 0.2) is 17.2 Å². The lowest BCUT2D eigenvalue weighted by molar-refractivity contribution is 0.387. The van der Waals surface area contributed by atoms with Crippen molar-refractivity contribution in [2.24, 2.45) is 10.2 Å². The molecule has 8 heteroatoms. The summed E-state index contributed by atoms with van der Waals surface area (Å²) in [6, 6.07) is 39.5. The number of nitrogens with zero attached hydrogens (tertiary/aromatic N) is 5. The standard InChI is InChI=1S/C33H27N5O3/c1-40-30-21-27(39)22-31(41-2)32(30)36-34-26-18-19-28-29(20-26)38(37-35-28)33(23-12-6-3-7-13-23,24-14-8-4-9-15-24)25-16-10-5-11-17-25/h3-22,39H,1-2H3. The van der Waals surface area contributed by atoms with E-state index in [9.17, 15) is 5.11 Å². The first-order chi connectivity index (χ1) is 20.1. The van der Waals surface area contributed by atoms with Crippen molar-refractivity contribution in [1.29, 1.82) is 0 Å². The molecule has 0 aliphatic carbocycles. The molecule has 41 heavy (non-hydrogen) atoms. The Hall–Kier alpha value is -5.50. The topological polar surface area (TPSA) is 94.1 Å². The lowest BCUT2D eigenvalue weighted by atomic mass is 9.77. The Balaban J connectivity index is 1.58. The maximum Gasteiger partial charge on any atom is 0.170 e. The van der Waals surface area contributed by atoms with Gasteiger partial charge in [0.25, 0.3) is 0 Å². The zero-order chi connectivity index (χ0) is 28.2. The van der Waals surface area contributed by atoms with Gasteiger partial charge >= 0.3 is 0 Å². The van der Waals surface area contributed by atoms with E-state index in [1.54, 1.807) is 0 Å². The molecule has 0 unspecified atom stereocenters. The predicted octanol–water partition coefficient (Wildman–Crippen LogP) is 7.41. The van der Waals surface area contributed by atoms with Crippen molar-refractivity contribution >= 4 is 22.4 Å². The SMILES string of the molecule is COc1cc(O)cc(OC)c1N=Nc1ccc2nnn(C(c3ccccc3)(c3ccccc3)c3ccccc3)c2c1. The van der Waals surface area contributed by atoms with Crippen LogP contribution in [-0.4, -0.2) is 34.3 Å². The Morgan fingerprint density at radius 3 is 1.66 bits per heavy atom. The van der Waals surface area contributed by atoms with Crippen molar-refractivity contribution in [3.05, 3.63) is 138 Å². The minimum atomic E-state index is -0.822. The summed E-state index contributed by atoms with van der Waals surface area (Å²) in [6.45, 7) is 0. The van der Waals surface area contributed by atoms with Gasteiger partial charge < -0.3 is 14.6 Å². The van der Waals surface area contributed by atoms with Gasteiger partial charge in [-0.1, -0.05) is 96.2 Å². The molecular formula is C33H27N5O3. The molecule has 0 radical (unpaired) electrons. The lowest BCUT2D eigenvalue weighted by Gasteiger charge is -2.36. The van der Waals surface area contributed by atoms with E-state index in [-0.39, 0.29) is 5.75 Å². The van der Waals surface area contributed by atoms with Crippen molar-refractivity contribution < 1.29 is 14.6 Å². The van der Waals surface area contributed by atoms with Crippen LogP contribution in [0, 0.1) is 0 Å². The zero-order valence-corrected chi connectivity index (χ0v) is 22.5. The number of aromatic hydroxyl groups is 1. The Morgan fingerprint density at radius 1 is 0.659 bits per heavy atom. The third-order valence-electron chi connectivity index (χ3n) is 7.05. The summed E-state index contributed by atoms with van der Waals surface area (Å²) in [7, 11) is 3.00. The van der Waals surface area contributed by atoms with Crippen LogP contribution in [0.5, 0.6) is 17.2 Å². The molecule has 0 aliphatic rings. The van der Waals surface area contributed by atoms with E-state index in [4.69, 9.17) is 14.7 Å². The molecule has 0 saturated carbocycles. The number of phenols is 1. The van der Waals surface area contributed by atoms with Crippen LogP contribution in [0.15, 0.2) is 132 Å². The summed E-state index contributed by atoms with van der Waals surface area (Å²) >= 11 is 0. The molecule has 6 aromatic rings. The van der Waals surface area contributed by atoms with E-state index in [1.165, 1.54) is 26.4 Å². The molecule has 0 fully saturated rings. The number of azo groups is 1. The molecular weight excluding hydrogens is 514 g/mol. The van der Waals surface area contributed by atoms with Gasteiger partial charge in [-0.2, -0.15) is 5.11 Å². The molecule has 0 atom stereocenters. The minimum Gasteiger partial charge on any atom is -0.508 e. The van der Waals surface area contributed by atoms with Crippen molar-refractivity contribution in [3.63, 3.8) is 0 Å². The third kappa shape index (κ3) is 4.55. The largest absolute Gasteiger partial charge is 0.508 e. The van der Waals surface area contributed by atoms with Crippen molar-refractivity contribution in [2.75, 3.05) is 14.2 Å². The van der Waals surface area contributed by atoms with Crippen LogP contribution in [0.3, 0.4) is 0 Å². The zero-order valence-electron chi connectivity index (χ0n) is 22.5. The summed E-state index contributed by atoms with van der Waals surface area (Å²) in [4.78, 5) is 0. The normalized spacial score (nSPS) is 11.7. The first-order valence-electron chi connectivity index (χ1n) is 13.0. The second kappa shape index (κ2) is 10.9. The fourth-order valence-corrected chi connectivity index (χ4v) is 5.21. The van der Waals surface area contributed by atoms with Crippen molar-refractivity contribution in [2.45, 2.75) is 5.54 Å². The second-order valence-electron chi connectivity index (χ2n) is 9.38. The van der Waals surface area contributed by atoms with Gasteiger partial charge in [0.2, 0.25) is 0 Å². The van der Waals surface area contributed by atoms with Crippen LogP contribution in [0.1, 0.15) is 16.7 Å². The van der Waals surface area contributed by atoms with Gasteiger partial charge in [0, 0.05) is 12.1 Å². The van der Waals surface area contributed by atoms with Crippen LogP contribution in [0.25, 0.3) is 11.0 Å². The number of fused-ring (bicyclic) bond motifs is 1. The van der Waals surface area contributed by atoms with Crippen LogP contribution >= 0.6 is 0 Å².